The minimum Gasteiger partial charge on any atom is -0.478 e. The minimum atomic E-state index is -1.03. The second-order valence-electron chi connectivity index (χ2n) is 8.93. The lowest BCUT2D eigenvalue weighted by Crippen LogP contribution is -2.30. The molecule has 0 aliphatic rings. The van der Waals surface area contributed by atoms with Crippen LogP contribution in [0.25, 0.3) is 6.08 Å². The van der Waals surface area contributed by atoms with Crippen molar-refractivity contribution >= 4 is 52.9 Å². The third kappa shape index (κ3) is 8.42. The highest BCUT2D eigenvalue weighted by Crippen LogP contribution is 2.22. The van der Waals surface area contributed by atoms with E-state index in [-0.39, 0.29) is 22.9 Å². The SMILES string of the molecule is Cc1ccccc1/C=C(\NC(=O)c1ccccc1)C(=O)Nc1ccc(SCC(=O)Nc2ccc(C(=O)O)cc2)cc1. The third-order valence-corrected chi connectivity index (χ3v) is 6.93. The topological polar surface area (TPSA) is 125 Å². The van der Waals surface area contributed by atoms with Crippen molar-refractivity contribution in [3.05, 3.63) is 131 Å². The number of carbonyl (C=O) groups excluding carboxylic acids is 3. The molecule has 4 rings (SSSR count). The Morgan fingerprint density at radius 1 is 0.732 bits per heavy atom. The largest absolute Gasteiger partial charge is 0.478 e. The highest BCUT2D eigenvalue weighted by Gasteiger charge is 2.16. The quantitative estimate of drug-likeness (QED) is 0.142. The highest BCUT2D eigenvalue weighted by atomic mass is 32.2. The van der Waals surface area contributed by atoms with E-state index >= 15 is 0 Å². The molecule has 0 heterocycles. The molecule has 8 nitrogen and oxygen atoms in total. The second kappa shape index (κ2) is 13.8. The van der Waals surface area contributed by atoms with E-state index in [1.807, 2.05) is 37.3 Å². The Hall–Kier alpha value is -5.15. The summed E-state index contributed by atoms with van der Waals surface area (Å²) in [5, 5.41) is 17.3. The number of carboxylic acids is 1. The molecule has 0 saturated carbocycles. The van der Waals surface area contributed by atoms with Crippen LogP contribution in [-0.2, 0) is 9.59 Å². The van der Waals surface area contributed by atoms with Gasteiger partial charge >= 0.3 is 5.97 Å². The van der Waals surface area contributed by atoms with Gasteiger partial charge in [-0.25, -0.2) is 4.79 Å². The van der Waals surface area contributed by atoms with Crippen molar-refractivity contribution in [2.75, 3.05) is 16.4 Å². The van der Waals surface area contributed by atoms with Gasteiger partial charge in [0, 0.05) is 21.8 Å². The van der Waals surface area contributed by atoms with Gasteiger partial charge in [-0.3, -0.25) is 14.4 Å². The van der Waals surface area contributed by atoms with Crippen LogP contribution in [0.4, 0.5) is 11.4 Å². The van der Waals surface area contributed by atoms with Crippen LogP contribution in [0.15, 0.2) is 114 Å². The molecule has 9 heteroatoms. The standard InChI is InChI=1S/C32H27N3O5S/c1-21-7-5-6-10-24(21)19-28(35-30(37)22-8-3-2-4-9-22)31(38)34-26-15-17-27(18-16-26)41-20-29(36)33-25-13-11-23(12-14-25)32(39)40/h2-19H,20H2,1H3,(H,33,36)(H,34,38)(H,35,37)(H,39,40)/b28-19-. The summed E-state index contributed by atoms with van der Waals surface area (Å²) in [5.74, 6) is -2.01. The Morgan fingerprint density at radius 3 is 2.00 bits per heavy atom. The van der Waals surface area contributed by atoms with Crippen molar-refractivity contribution < 1.29 is 24.3 Å². The van der Waals surface area contributed by atoms with E-state index in [0.29, 0.717) is 16.9 Å². The van der Waals surface area contributed by atoms with Gasteiger partial charge in [-0.05, 0) is 84.8 Å². The zero-order valence-electron chi connectivity index (χ0n) is 22.1. The van der Waals surface area contributed by atoms with Gasteiger partial charge in [0.05, 0.1) is 11.3 Å². The Morgan fingerprint density at radius 2 is 1.34 bits per heavy atom. The fraction of sp³-hybridized carbons (Fsp3) is 0.0625. The van der Waals surface area contributed by atoms with Gasteiger partial charge in [-0.15, -0.1) is 11.8 Å². The molecule has 0 spiro atoms. The molecule has 0 saturated heterocycles. The monoisotopic (exact) mass is 565 g/mol. The van der Waals surface area contributed by atoms with E-state index in [1.54, 1.807) is 54.6 Å². The van der Waals surface area contributed by atoms with Gasteiger partial charge < -0.3 is 21.1 Å². The molecule has 0 atom stereocenters. The first kappa shape index (κ1) is 28.8. The molecule has 206 valence electrons. The first-order valence-corrected chi connectivity index (χ1v) is 13.6. The summed E-state index contributed by atoms with van der Waals surface area (Å²) in [6.45, 7) is 1.92. The first-order valence-electron chi connectivity index (χ1n) is 12.6. The number of amides is 3. The summed E-state index contributed by atoms with van der Waals surface area (Å²) in [7, 11) is 0. The smallest absolute Gasteiger partial charge is 0.335 e. The lowest BCUT2D eigenvalue weighted by Gasteiger charge is -2.12. The number of hydrogen-bond acceptors (Lipinski definition) is 5. The number of carbonyl (C=O) groups is 4. The maximum atomic E-state index is 13.2. The van der Waals surface area contributed by atoms with Gasteiger partial charge in [0.2, 0.25) is 5.91 Å². The molecule has 0 aliphatic carbocycles. The molecule has 0 unspecified atom stereocenters. The first-order chi connectivity index (χ1) is 19.8. The predicted octanol–water partition coefficient (Wildman–Crippen LogP) is 5.83. The molecule has 0 bridgehead atoms. The average molecular weight is 566 g/mol. The van der Waals surface area contributed by atoms with Crippen LogP contribution in [-0.4, -0.2) is 34.6 Å². The van der Waals surface area contributed by atoms with E-state index in [9.17, 15) is 19.2 Å². The van der Waals surface area contributed by atoms with Gasteiger partial charge in [-0.1, -0.05) is 42.5 Å². The maximum absolute atomic E-state index is 13.2. The number of rotatable bonds is 10. The Labute approximate surface area is 241 Å². The summed E-state index contributed by atoms with van der Waals surface area (Å²) >= 11 is 1.31. The average Bonchev–Trinajstić information content (AvgIpc) is 2.98. The number of carboxylic acid groups (broad SMARTS) is 1. The van der Waals surface area contributed by atoms with Crippen molar-refractivity contribution in [1.82, 2.24) is 5.32 Å². The molecule has 0 radical (unpaired) electrons. The number of thioether (sulfide) groups is 1. The van der Waals surface area contributed by atoms with Crippen LogP contribution >= 0.6 is 11.8 Å². The zero-order valence-corrected chi connectivity index (χ0v) is 22.9. The number of benzene rings is 4. The van der Waals surface area contributed by atoms with E-state index < -0.39 is 17.8 Å². The summed E-state index contributed by atoms with van der Waals surface area (Å²) in [5.41, 5.74) is 3.45. The molecular weight excluding hydrogens is 538 g/mol. The van der Waals surface area contributed by atoms with Gasteiger partial charge in [0.1, 0.15) is 5.70 Å². The van der Waals surface area contributed by atoms with E-state index in [1.165, 1.54) is 36.0 Å². The summed E-state index contributed by atoms with van der Waals surface area (Å²) < 4.78 is 0. The van der Waals surface area contributed by atoms with Crippen molar-refractivity contribution in [1.29, 1.82) is 0 Å². The Kier molecular flexibility index (Phi) is 9.69. The van der Waals surface area contributed by atoms with Gasteiger partial charge in [0.15, 0.2) is 0 Å². The van der Waals surface area contributed by atoms with Crippen LogP contribution in [0.3, 0.4) is 0 Å². The Bertz CT molecular complexity index is 1580. The molecule has 0 aromatic heterocycles. The molecule has 0 fully saturated rings. The molecule has 3 amide bonds. The molecule has 4 aromatic rings. The van der Waals surface area contributed by atoms with Gasteiger partial charge in [0.25, 0.3) is 11.8 Å². The number of nitrogens with one attached hydrogen (secondary N) is 3. The number of aromatic carboxylic acids is 1. The van der Waals surface area contributed by atoms with E-state index in [2.05, 4.69) is 16.0 Å². The van der Waals surface area contributed by atoms with Crippen LogP contribution in [0, 0.1) is 6.92 Å². The second-order valence-corrected chi connectivity index (χ2v) is 9.98. The minimum absolute atomic E-state index is 0.0969. The van der Waals surface area contributed by atoms with Crippen LogP contribution < -0.4 is 16.0 Å². The summed E-state index contributed by atoms with van der Waals surface area (Å²) in [4.78, 5) is 50.1. The van der Waals surface area contributed by atoms with Crippen LogP contribution in [0.5, 0.6) is 0 Å². The highest BCUT2D eigenvalue weighted by molar-refractivity contribution is 8.00. The lowest BCUT2D eigenvalue weighted by atomic mass is 10.1. The van der Waals surface area contributed by atoms with Gasteiger partial charge in [-0.2, -0.15) is 0 Å². The molecular formula is C32H27N3O5S. The number of hydrogen-bond donors (Lipinski definition) is 4. The fourth-order valence-corrected chi connectivity index (χ4v) is 4.42. The fourth-order valence-electron chi connectivity index (χ4n) is 3.72. The van der Waals surface area contributed by atoms with E-state index in [0.717, 1.165) is 16.0 Å². The normalized spacial score (nSPS) is 10.9. The maximum Gasteiger partial charge on any atom is 0.335 e. The molecule has 0 aliphatic heterocycles. The lowest BCUT2D eigenvalue weighted by molar-refractivity contribution is -0.114. The van der Waals surface area contributed by atoms with Crippen LogP contribution in [0.1, 0.15) is 31.8 Å². The Balaban J connectivity index is 1.38. The summed E-state index contributed by atoms with van der Waals surface area (Å²) in [6, 6.07) is 29.1. The van der Waals surface area contributed by atoms with Crippen molar-refractivity contribution in [3.63, 3.8) is 0 Å². The summed E-state index contributed by atoms with van der Waals surface area (Å²) in [6.07, 6.45) is 1.64. The third-order valence-electron chi connectivity index (χ3n) is 5.91. The van der Waals surface area contributed by atoms with Crippen molar-refractivity contribution in [3.8, 4) is 0 Å². The van der Waals surface area contributed by atoms with E-state index in [4.69, 9.17) is 5.11 Å². The molecule has 41 heavy (non-hydrogen) atoms. The van der Waals surface area contributed by atoms with Crippen molar-refractivity contribution in [2.24, 2.45) is 0 Å². The number of aryl methyl sites for hydroxylation is 1. The zero-order chi connectivity index (χ0) is 29.2. The molecule has 4 N–H and O–H groups in total. The van der Waals surface area contributed by atoms with Crippen LogP contribution in [0.2, 0.25) is 0 Å². The predicted molar refractivity (Wildman–Crippen MR) is 161 cm³/mol. The molecule has 4 aromatic carbocycles. The van der Waals surface area contributed by atoms with Crippen molar-refractivity contribution in [2.45, 2.75) is 11.8 Å². The number of anilines is 2.